The zero-order valence-corrected chi connectivity index (χ0v) is 11.4. The van der Waals surface area contributed by atoms with E-state index in [2.05, 4.69) is 38.4 Å². The molecule has 2 heterocycles. The molecule has 0 saturated carbocycles. The molecule has 2 rings (SSSR count). The van der Waals surface area contributed by atoms with Crippen molar-refractivity contribution in [3.8, 4) is 0 Å². The normalized spacial score (nSPS) is 12.7. The Kier molecular flexibility index (Phi) is 3.74. The number of pyridine rings is 1. The molecule has 0 aliphatic heterocycles. The predicted octanol–water partition coefficient (Wildman–Crippen LogP) is 3.46. The minimum atomic E-state index is 0.0265. The Bertz CT molecular complexity index is 464. The molecular weight excluding hydrogens is 284 g/mol. The Morgan fingerprint density at radius 3 is 2.88 bits per heavy atom. The summed E-state index contributed by atoms with van der Waals surface area (Å²) in [6.07, 6.45) is 2.73. The summed E-state index contributed by atoms with van der Waals surface area (Å²) >= 11 is 5.17. The molecule has 0 saturated heterocycles. The van der Waals surface area contributed by atoms with Gasteiger partial charge < -0.3 is 5.73 Å². The molecule has 4 heteroatoms. The van der Waals surface area contributed by atoms with E-state index in [0.29, 0.717) is 0 Å². The maximum Gasteiger partial charge on any atom is 0.0372 e. The number of halogens is 1. The van der Waals surface area contributed by atoms with Gasteiger partial charge in [0.1, 0.15) is 0 Å². The molecule has 0 bridgehead atoms. The van der Waals surface area contributed by atoms with Gasteiger partial charge in [0.2, 0.25) is 0 Å². The van der Waals surface area contributed by atoms with E-state index in [9.17, 15) is 0 Å². The first kappa shape index (κ1) is 11.8. The Morgan fingerprint density at radius 1 is 1.50 bits per heavy atom. The molecule has 16 heavy (non-hydrogen) atoms. The van der Waals surface area contributed by atoms with Crippen LogP contribution in [0.3, 0.4) is 0 Å². The minimum Gasteiger partial charge on any atom is -0.324 e. The molecule has 2 aromatic heterocycles. The van der Waals surface area contributed by atoms with Crippen LogP contribution in [0, 0.1) is 6.92 Å². The number of aromatic nitrogens is 1. The monoisotopic (exact) mass is 296 g/mol. The van der Waals surface area contributed by atoms with Gasteiger partial charge in [-0.2, -0.15) is 0 Å². The molecule has 0 spiro atoms. The summed E-state index contributed by atoms with van der Waals surface area (Å²) in [5.74, 6) is 0. The van der Waals surface area contributed by atoms with Crippen LogP contribution in [0.4, 0.5) is 0 Å². The zero-order chi connectivity index (χ0) is 11.5. The molecule has 0 aromatic carbocycles. The zero-order valence-electron chi connectivity index (χ0n) is 8.98. The van der Waals surface area contributed by atoms with Crippen molar-refractivity contribution < 1.29 is 0 Å². The summed E-state index contributed by atoms with van der Waals surface area (Å²) < 4.78 is 1.13. The van der Waals surface area contributed by atoms with Crippen LogP contribution >= 0.6 is 27.3 Å². The average molecular weight is 297 g/mol. The highest BCUT2D eigenvalue weighted by Gasteiger charge is 2.08. The number of hydrogen-bond acceptors (Lipinski definition) is 3. The summed E-state index contributed by atoms with van der Waals surface area (Å²) in [7, 11) is 0. The summed E-state index contributed by atoms with van der Waals surface area (Å²) in [4.78, 5) is 5.55. The maximum atomic E-state index is 6.14. The lowest BCUT2D eigenvalue weighted by molar-refractivity contribution is 0.725. The van der Waals surface area contributed by atoms with Gasteiger partial charge >= 0.3 is 0 Å². The van der Waals surface area contributed by atoms with Crippen LogP contribution in [0.15, 0.2) is 34.2 Å². The van der Waals surface area contributed by atoms with Crippen molar-refractivity contribution in [3.63, 3.8) is 0 Å². The lowest BCUT2D eigenvalue weighted by Gasteiger charge is -2.10. The van der Waals surface area contributed by atoms with E-state index in [1.165, 1.54) is 4.88 Å². The van der Waals surface area contributed by atoms with Gasteiger partial charge in [-0.15, -0.1) is 11.3 Å². The largest absolute Gasteiger partial charge is 0.324 e. The third-order valence-electron chi connectivity index (χ3n) is 2.41. The molecule has 2 aromatic rings. The fourth-order valence-corrected chi connectivity index (χ4v) is 3.01. The van der Waals surface area contributed by atoms with E-state index < -0.39 is 0 Å². The van der Waals surface area contributed by atoms with Crippen molar-refractivity contribution in [2.45, 2.75) is 19.4 Å². The van der Waals surface area contributed by atoms with E-state index >= 15 is 0 Å². The van der Waals surface area contributed by atoms with Crippen molar-refractivity contribution in [1.29, 1.82) is 0 Å². The van der Waals surface area contributed by atoms with E-state index in [4.69, 9.17) is 5.73 Å². The number of aryl methyl sites for hydroxylation is 1. The summed E-state index contributed by atoms with van der Waals surface area (Å²) in [6.45, 7) is 1.98. The fraction of sp³-hybridized carbons (Fsp3) is 0.250. The number of nitrogens with zero attached hydrogens (tertiary/aromatic N) is 1. The van der Waals surface area contributed by atoms with Gasteiger partial charge in [-0.1, -0.05) is 6.07 Å². The molecular formula is C12H13BrN2S. The summed E-state index contributed by atoms with van der Waals surface area (Å²) in [5.41, 5.74) is 8.25. The van der Waals surface area contributed by atoms with Crippen LogP contribution in [0.2, 0.25) is 0 Å². The van der Waals surface area contributed by atoms with Crippen molar-refractivity contribution in [1.82, 2.24) is 4.98 Å². The van der Waals surface area contributed by atoms with Crippen LogP contribution in [0.1, 0.15) is 22.2 Å². The van der Waals surface area contributed by atoms with Crippen LogP contribution < -0.4 is 5.73 Å². The number of rotatable bonds is 3. The van der Waals surface area contributed by atoms with Crippen LogP contribution in [0.25, 0.3) is 0 Å². The van der Waals surface area contributed by atoms with E-state index in [0.717, 1.165) is 22.2 Å². The van der Waals surface area contributed by atoms with Crippen molar-refractivity contribution >= 4 is 27.3 Å². The number of thiophene rings is 1. The standard InChI is InChI=1S/C12H13BrN2S/c1-8-2-3-9(6-15-8)12(14)5-11-4-10(13)7-16-11/h2-4,6-7,12H,5,14H2,1H3. The number of nitrogens with two attached hydrogens (primary N) is 1. The maximum absolute atomic E-state index is 6.14. The van der Waals surface area contributed by atoms with Crippen molar-refractivity contribution in [3.05, 3.63) is 50.4 Å². The molecule has 0 aliphatic carbocycles. The van der Waals surface area contributed by atoms with Gasteiger partial charge in [-0.3, -0.25) is 4.98 Å². The Hall–Kier alpha value is -0.710. The Balaban J connectivity index is 2.08. The number of hydrogen-bond donors (Lipinski definition) is 1. The Labute approximate surface area is 108 Å². The van der Waals surface area contributed by atoms with E-state index in [-0.39, 0.29) is 6.04 Å². The lowest BCUT2D eigenvalue weighted by atomic mass is 10.1. The van der Waals surface area contributed by atoms with Crippen molar-refractivity contribution in [2.75, 3.05) is 0 Å². The van der Waals surface area contributed by atoms with E-state index in [1.807, 2.05) is 19.2 Å². The first-order chi connectivity index (χ1) is 7.65. The third kappa shape index (κ3) is 2.90. The topological polar surface area (TPSA) is 38.9 Å². The van der Waals surface area contributed by atoms with Crippen LogP contribution in [0.5, 0.6) is 0 Å². The molecule has 84 valence electrons. The molecule has 0 amide bonds. The summed E-state index contributed by atoms with van der Waals surface area (Å²) in [5, 5.41) is 2.08. The SMILES string of the molecule is Cc1ccc(C(N)Cc2cc(Br)cs2)cn1. The molecule has 0 aliphatic rings. The van der Waals surface area contributed by atoms with Crippen LogP contribution in [-0.2, 0) is 6.42 Å². The molecule has 0 radical (unpaired) electrons. The quantitative estimate of drug-likeness (QED) is 0.942. The molecule has 2 nitrogen and oxygen atoms in total. The average Bonchev–Trinajstić information content (AvgIpc) is 2.65. The third-order valence-corrected chi connectivity index (χ3v) is 4.13. The van der Waals surface area contributed by atoms with Crippen LogP contribution in [-0.4, -0.2) is 4.98 Å². The Morgan fingerprint density at radius 2 is 2.31 bits per heavy atom. The van der Waals surface area contributed by atoms with Gasteiger partial charge in [0.05, 0.1) is 0 Å². The summed E-state index contributed by atoms with van der Waals surface area (Å²) in [6, 6.07) is 6.19. The molecule has 1 unspecified atom stereocenters. The van der Waals surface area contributed by atoms with Gasteiger partial charge in [0.15, 0.2) is 0 Å². The van der Waals surface area contributed by atoms with Gasteiger partial charge in [-0.05, 0) is 40.5 Å². The second-order valence-electron chi connectivity index (χ2n) is 3.77. The van der Waals surface area contributed by atoms with E-state index in [1.54, 1.807) is 11.3 Å². The second kappa shape index (κ2) is 5.08. The predicted molar refractivity (Wildman–Crippen MR) is 71.6 cm³/mol. The molecule has 2 N–H and O–H groups in total. The second-order valence-corrected chi connectivity index (χ2v) is 5.69. The van der Waals surface area contributed by atoms with Gasteiger partial charge in [-0.25, -0.2) is 0 Å². The fourth-order valence-electron chi connectivity index (χ4n) is 1.49. The van der Waals surface area contributed by atoms with Gasteiger partial charge in [0, 0.05) is 39.1 Å². The molecule has 0 fully saturated rings. The molecule has 1 atom stereocenters. The smallest absolute Gasteiger partial charge is 0.0372 e. The minimum absolute atomic E-state index is 0.0265. The van der Waals surface area contributed by atoms with Gasteiger partial charge in [0.25, 0.3) is 0 Å². The highest BCUT2D eigenvalue weighted by Crippen LogP contribution is 2.24. The first-order valence-electron chi connectivity index (χ1n) is 5.06. The first-order valence-corrected chi connectivity index (χ1v) is 6.73. The lowest BCUT2D eigenvalue weighted by Crippen LogP contribution is -2.12. The highest BCUT2D eigenvalue weighted by molar-refractivity contribution is 9.10. The van der Waals surface area contributed by atoms with Crippen molar-refractivity contribution in [2.24, 2.45) is 5.73 Å². The highest BCUT2D eigenvalue weighted by atomic mass is 79.9.